The zero-order valence-electron chi connectivity index (χ0n) is 10.6. The molecule has 0 bridgehead atoms. The first-order chi connectivity index (χ1) is 9.76. The second-order valence-electron chi connectivity index (χ2n) is 4.53. The van der Waals surface area contributed by atoms with E-state index in [2.05, 4.69) is 4.98 Å². The number of fused-ring (bicyclic) bond motifs is 3. The van der Waals surface area contributed by atoms with Crippen molar-refractivity contribution in [1.29, 1.82) is 0 Å². The lowest BCUT2D eigenvalue weighted by atomic mass is 10.1. The lowest BCUT2D eigenvalue weighted by Crippen LogP contribution is -1.92. The molecule has 2 heterocycles. The van der Waals surface area contributed by atoms with Crippen LogP contribution >= 0.6 is 11.6 Å². The van der Waals surface area contributed by atoms with Crippen LogP contribution in [0.4, 0.5) is 0 Å². The first-order valence-corrected chi connectivity index (χ1v) is 6.50. The van der Waals surface area contributed by atoms with Crippen molar-refractivity contribution in [1.82, 2.24) is 4.98 Å². The van der Waals surface area contributed by atoms with E-state index in [-0.39, 0.29) is 6.79 Å². The fourth-order valence-electron chi connectivity index (χ4n) is 2.39. The predicted molar refractivity (Wildman–Crippen MR) is 76.9 cm³/mol. The summed E-state index contributed by atoms with van der Waals surface area (Å²) in [4.78, 5) is 4.62. The summed E-state index contributed by atoms with van der Waals surface area (Å²) in [6.45, 7) is 0.233. The van der Waals surface area contributed by atoms with Gasteiger partial charge in [0, 0.05) is 22.9 Å². The number of hydrogen-bond acceptors (Lipinski definition) is 4. The summed E-state index contributed by atoms with van der Waals surface area (Å²) in [5, 5.41) is 2.40. The summed E-state index contributed by atoms with van der Waals surface area (Å²) >= 11 is 6.49. The van der Waals surface area contributed by atoms with Gasteiger partial charge in [0.1, 0.15) is 5.75 Å². The van der Waals surface area contributed by atoms with E-state index in [0.29, 0.717) is 16.5 Å². The Labute approximate surface area is 119 Å². The van der Waals surface area contributed by atoms with E-state index in [1.807, 2.05) is 30.3 Å². The topological polar surface area (TPSA) is 40.6 Å². The maximum Gasteiger partial charge on any atom is 0.231 e. The quantitative estimate of drug-likeness (QED) is 0.639. The number of aromatic nitrogens is 1. The maximum atomic E-state index is 6.49. The number of hydrogen-bond donors (Lipinski definition) is 0. The number of pyridine rings is 1. The summed E-state index contributed by atoms with van der Waals surface area (Å²) < 4.78 is 16.0. The molecule has 1 aliphatic rings. The van der Waals surface area contributed by atoms with Crippen molar-refractivity contribution in [3.8, 4) is 17.2 Å². The molecule has 100 valence electrons. The third kappa shape index (κ3) is 1.58. The Kier molecular flexibility index (Phi) is 2.41. The Morgan fingerprint density at radius 3 is 2.60 bits per heavy atom. The molecule has 5 heteroatoms. The van der Waals surface area contributed by atoms with Gasteiger partial charge in [-0.05, 0) is 18.2 Å². The van der Waals surface area contributed by atoms with Crippen molar-refractivity contribution in [2.45, 2.75) is 0 Å². The van der Waals surface area contributed by atoms with E-state index >= 15 is 0 Å². The van der Waals surface area contributed by atoms with Gasteiger partial charge in [0.15, 0.2) is 11.5 Å². The highest BCUT2D eigenvalue weighted by molar-refractivity contribution is 6.40. The van der Waals surface area contributed by atoms with E-state index in [1.54, 1.807) is 7.11 Å². The smallest absolute Gasteiger partial charge is 0.231 e. The predicted octanol–water partition coefficient (Wildman–Crippen LogP) is 3.78. The van der Waals surface area contributed by atoms with Crippen LogP contribution in [0, 0.1) is 0 Å². The van der Waals surface area contributed by atoms with E-state index in [9.17, 15) is 0 Å². The van der Waals surface area contributed by atoms with Gasteiger partial charge in [-0.1, -0.05) is 11.6 Å². The second-order valence-corrected chi connectivity index (χ2v) is 4.91. The van der Waals surface area contributed by atoms with Crippen LogP contribution in [0.25, 0.3) is 21.8 Å². The monoisotopic (exact) mass is 287 g/mol. The molecule has 0 saturated heterocycles. The standard InChI is InChI=1S/C15H10ClNO3/c1-18-8-2-3-9-11(4-8)17-12-6-14-13(19-7-20-14)5-10(12)15(9)16/h2-6H,7H2,1H3. The highest BCUT2D eigenvalue weighted by atomic mass is 35.5. The number of rotatable bonds is 1. The van der Waals surface area contributed by atoms with E-state index in [0.717, 1.165) is 27.6 Å². The molecule has 0 fully saturated rings. The molecule has 0 atom stereocenters. The molecular weight excluding hydrogens is 278 g/mol. The van der Waals surface area contributed by atoms with Crippen LogP contribution in [0.5, 0.6) is 17.2 Å². The summed E-state index contributed by atoms with van der Waals surface area (Å²) in [7, 11) is 1.63. The van der Waals surface area contributed by atoms with Gasteiger partial charge < -0.3 is 14.2 Å². The normalized spacial score (nSPS) is 13.1. The Balaban J connectivity index is 2.09. The molecule has 1 aliphatic heterocycles. The number of nitrogens with zero attached hydrogens (tertiary/aromatic N) is 1. The van der Waals surface area contributed by atoms with Gasteiger partial charge in [0.2, 0.25) is 6.79 Å². The van der Waals surface area contributed by atoms with Gasteiger partial charge >= 0.3 is 0 Å². The first-order valence-electron chi connectivity index (χ1n) is 6.13. The highest BCUT2D eigenvalue weighted by Gasteiger charge is 2.17. The van der Waals surface area contributed by atoms with Crippen LogP contribution in [-0.4, -0.2) is 18.9 Å². The van der Waals surface area contributed by atoms with Crippen molar-refractivity contribution in [3.63, 3.8) is 0 Å². The molecule has 20 heavy (non-hydrogen) atoms. The van der Waals surface area contributed by atoms with Gasteiger partial charge in [-0.25, -0.2) is 4.98 Å². The molecule has 3 aromatic rings. The van der Waals surface area contributed by atoms with Crippen molar-refractivity contribution < 1.29 is 14.2 Å². The number of ether oxygens (including phenoxy) is 3. The van der Waals surface area contributed by atoms with E-state index < -0.39 is 0 Å². The molecule has 1 aromatic heterocycles. The van der Waals surface area contributed by atoms with Crippen LogP contribution in [0.3, 0.4) is 0 Å². The fraction of sp³-hybridized carbons (Fsp3) is 0.133. The van der Waals surface area contributed by atoms with E-state index in [1.165, 1.54) is 0 Å². The van der Waals surface area contributed by atoms with Crippen molar-refractivity contribution in [2.24, 2.45) is 0 Å². The zero-order valence-corrected chi connectivity index (χ0v) is 11.4. The number of benzene rings is 2. The molecule has 0 saturated carbocycles. The summed E-state index contributed by atoms with van der Waals surface area (Å²) in [6.07, 6.45) is 0. The van der Waals surface area contributed by atoms with Crippen LogP contribution in [0.2, 0.25) is 5.02 Å². The lowest BCUT2D eigenvalue weighted by molar-refractivity contribution is 0.174. The zero-order chi connectivity index (χ0) is 13.7. The van der Waals surface area contributed by atoms with Crippen molar-refractivity contribution in [3.05, 3.63) is 35.4 Å². The maximum absolute atomic E-state index is 6.49. The number of methoxy groups -OCH3 is 1. The lowest BCUT2D eigenvalue weighted by Gasteiger charge is -2.08. The van der Waals surface area contributed by atoms with Crippen LogP contribution in [0.15, 0.2) is 30.3 Å². The highest BCUT2D eigenvalue weighted by Crippen LogP contribution is 2.40. The SMILES string of the molecule is COc1ccc2c(Cl)c3cc4c(cc3nc2c1)OCO4. The molecular formula is C15H10ClNO3. The van der Waals surface area contributed by atoms with Gasteiger partial charge in [-0.3, -0.25) is 0 Å². The van der Waals surface area contributed by atoms with Gasteiger partial charge in [0.05, 0.1) is 23.2 Å². The van der Waals surface area contributed by atoms with Gasteiger partial charge in [0.25, 0.3) is 0 Å². The molecule has 0 spiro atoms. The summed E-state index contributed by atoms with van der Waals surface area (Å²) in [5.74, 6) is 2.15. The van der Waals surface area contributed by atoms with Crippen molar-refractivity contribution >= 4 is 33.4 Å². The minimum atomic E-state index is 0.233. The third-order valence-electron chi connectivity index (χ3n) is 3.41. The molecule has 2 aromatic carbocycles. The Morgan fingerprint density at radius 1 is 1.05 bits per heavy atom. The van der Waals surface area contributed by atoms with Crippen LogP contribution < -0.4 is 14.2 Å². The van der Waals surface area contributed by atoms with Crippen LogP contribution in [0.1, 0.15) is 0 Å². The average Bonchev–Trinajstić information content (AvgIpc) is 2.92. The summed E-state index contributed by atoms with van der Waals surface area (Å²) in [5.41, 5.74) is 1.57. The van der Waals surface area contributed by atoms with E-state index in [4.69, 9.17) is 25.8 Å². The minimum Gasteiger partial charge on any atom is -0.497 e. The molecule has 0 aliphatic carbocycles. The fourth-order valence-corrected chi connectivity index (χ4v) is 2.70. The minimum absolute atomic E-state index is 0.233. The largest absolute Gasteiger partial charge is 0.497 e. The molecule has 0 radical (unpaired) electrons. The summed E-state index contributed by atoms with van der Waals surface area (Å²) in [6, 6.07) is 9.37. The van der Waals surface area contributed by atoms with Crippen molar-refractivity contribution in [2.75, 3.05) is 13.9 Å². The second kappa shape index (κ2) is 4.15. The molecule has 0 amide bonds. The Bertz CT molecular complexity index is 848. The van der Waals surface area contributed by atoms with Gasteiger partial charge in [-0.15, -0.1) is 0 Å². The Hall–Kier alpha value is -2.20. The molecule has 4 rings (SSSR count). The third-order valence-corrected chi connectivity index (χ3v) is 3.82. The molecule has 0 N–H and O–H groups in total. The molecule has 0 unspecified atom stereocenters. The number of halogens is 1. The van der Waals surface area contributed by atoms with Crippen LogP contribution in [-0.2, 0) is 0 Å². The van der Waals surface area contributed by atoms with Gasteiger partial charge in [-0.2, -0.15) is 0 Å². The average molecular weight is 288 g/mol. The Morgan fingerprint density at radius 2 is 1.80 bits per heavy atom. The first kappa shape index (κ1) is 11.6. The molecule has 4 nitrogen and oxygen atoms in total.